The van der Waals surface area contributed by atoms with Crippen LogP contribution in [0.1, 0.15) is 21.6 Å². The second kappa shape index (κ2) is 6.28. The van der Waals surface area contributed by atoms with Crippen LogP contribution < -0.4 is 9.47 Å². The third kappa shape index (κ3) is 2.66. The molecule has 0 fully saturated rings. The van der Waals surface area contributed by atoms with Crippen LogP contribution in [0.15, 0.2) is 36.1 Å². The largest absolute Gasteiger partial charge is 0.508 e. The minimum Gasteiger partial charge on any atom is -0.508 e. The lowest BCUT2D eigenvalue weighted by atomic mass is 10.1. The van der Waals surface area contributed by atoms with Gasteiger partial charge in [-0.25, -0.2) is 0 Å². The topological polar surface area (TPSA) is 84.2 Å². The molecule has 2 aliphatic heterocycles. The highest BCUT2D eigenvalue weighted by Crippen LogP contribution is 2.42. The Hall–Kier alpha value is -3.45. The molecule has 0 aliphatic carbocycles. The summed E-state index contributed by atoms with van der Waals surface area (Å²) in [6.45, 7) is 2.53. The first-order chi connectivity index (χ1) is 14.0. The number of aromatic hydroxyl groups is 2. The normalized spacial score (nSPS) is 17.4. The molecule has 0 radical (unpaired) electrons. The van der Waals surface area contributed by atoms with Gasteiger partial charge in [-0.2, -0.15) is 0 Å². The van der Waals surface area contributed by atoms with Gasteiger partial charge in [-0.3, -0.25) is 9.69 Å². The van der Waals surface area contributed by atoms with E-state index in [1.165, 1.54) is 6.07 Å². The van der Waals surface area contributed by atoms with Gasteiger partial charge in [0.05, 0.1) is 7.11 Å². The Morgan fingerprint density at radius 3 is 2.79 bits per heavy atom. The average molecular weight is 392 g/mol. The van der Waals surface area contributed by atoms with Crippen molar-refractivity contribution in [2.24, 2.45) is 0 Å². The van der Waals surface area contributed by atoms with Crippen molar-refractivity contribution < 1.29 is 24.5 Å². The number of hydrogen-bond acceptors (Lipinski definition) is 6. The number of phenols is 2. The van der Waals surface area contributed by atoms with Crippen LogP contribution in [0.3, 0.4) is 0 Å². The lowest BCUT2D eigenvalue weighted by molar-refractivity contribution is 0.101. The van der Waals surface area contributed by atoms with Crippen molar-refractivity contribution in [3.05, 3.63) is 52.9 Å². The number of fused-ring (bicyclic) bond motifs is 4. The Kier molecular flexibility index (Phi) is 3.82. The first-order valence-electron chi connectivity index (χ1n) is 9.34. The van der Waals surface area contributed by atoms with Gasteiger partial charge in [-0.1, -0.05) is 0 Å². The van der Waals surface area contributed by atoms with Gasteiger partial charge in [0.1, 0.15) is 28.6 Å². The SMILES string of the molecule is COc1ccc2c(c1)c(/C=C1\Oc3cc(O)cc(O)c3C1=O)c1n2CCN(C)C1. The minimum absolute atomic E-state index is 0.0705. The van der Waals surface area contributed by atoms with E-state index in [-0.39, 0.29) is 28.6 Å². The number of nitrogens with zero attached hydrogens (tertiary/aromatic N) is 2. The monoisotopic (exact) mass is 392 g/mol. The van der Waals surface area contributed by atoms with Crippen molar-refractivity contribution in [1.29, 1.82) is 0 Å². The molecule has 2 N–H and O–H groups in total. The second-order valence-electron chi connectivity index (χ2n) is 7.41. The van der Waals surface area contributed by atoms with Crippen molar-refractivity contribution in [3.8, 4) is 23.0 Å². The molecule has 7 nitrogen and oxygen atoms in total. The molecule has 0 spiro atoms. The molecule has 0 unspecified atom stereocenters. The number of allylic oxidation sites excluding steroid dienone is 1. The van der Waals surface area contributed by atoms with Gasteiger partial charge >= 0.3 is 0 Å². The quantitative estimate of drug-likeness (QED) is 0.652. The molecule has 0 amide bonds. The average Bonchev–Trinajstić information content (AvgIpc) is 3.16. The number of aromatic nitrogens is 1. The van der Waals surface area contributed by atoms with Gasteiger partial charge in [-0.05, 0) is 31.3 Å². The summed E-state index contributed by atoms with van der Waals surface area (Å²) in [4.78, 5) is 15.1. The van der Waals surface area contributed by atoms with E-state index in [9.17, 15) is 15.0 Å². The summed E-state index contributed by atoms with van der Waals surface area (Å²) in [7, 11) is 3.69. The van der Waals surface area contributed by atoms with E-state index in [1.807, 2.05) is 18.2 Å². The van der Waals surface area contributed by atoms with Crippen LogP contribution in [0.5, 0.6) is 23.0 Å². The third-order valence-electron chi connectivity index (χ3n) is 5.56. The third-order valence-corrected chi connectivity index (χ3v) is 5.56. The summed E-state index contributed by atoms with van der Waals surface area (Å²) < 4.78 is 13.4. The summed E-state index contributed by atoms with van der Waals surface area (Å²) in [5.41, 5.74) is 3.13. The fourth-order valence-corrected chi connectivity index (χ4v) is 4.14. The van der Waals surface area contributed by atoms with E-state index in [0.29, 0.717) is 0 Å². The summed E-state index contributed by atoms with van der Waals surface area (Å²) in [6, 6.07) is 8.39. The first kappa shape index (κ1) is 17.6. The lowest BCUT2D eigenvalue weighted by Crippen LogP contribution is -2.30. The number of methoxy groups -OCH3 is 1. The highest BCUT2D eigenvalue weighted by atomic mass is 16.5. The molecule has 2 aromatic carbocycles. The van der Waals surface area contributed by atoms with Crippen LogP contribution >= 0.6 is 0 Å². The van der Waals surface area contributed by atoms with Gasteiger partial charge in [0, 0.05) is 53.9 Å². The second-order valence-corrected chi connectivity index (χ2v) is 7.41. The van der Waals surface area contributed by atoms with Crippen molar-refractivity contribution in [3.63, 3.8) is 0 Å². The summed E-state index contributed by atoms with van der Waals surface area (Å²) in [5, 5.41) is 20.8. The highest BCUT2D eigenvalue weighted by Gasteiger charge is 2.32. The molecular weight excluding hydrogens is 372 g/mol. The fraction of sp³-hybridized carbons (Fsp3) is 0.227. The molecule has 0 bridgehead atoms. The van der Waals surface area contributed by atoms with Crippen molar-refractivity contribution in [1.82, 2.24) is 9.47 Å². The van der Waals surface area contributed by atoms with Crippen molar-refractivity contribution in [2.45, 2.75) is 13.1 Å². The van der Waals surface area contributed by atoms with E-state index in [0.717, 1.165) is 53.6 Å². The predicted molar refractivity (Wildman–Crippen MR) is 108 cm³/mol. The zero-order valence-corrected chi connectivity index (χ0v) is 16.1. The van der Waals surface area contributed by atoms with Crippen molar-refractivity contribution in [2.75, 3.05) is 20.7 Å². The summed E-state index contributed by atoms with van der Waals surface area (Å²) >= 11 is 0. The highest BCUT2D eigenvalue weighted by molar-refractivity contribution is 6.17. The molecule has 0 atom stereocenters. The molecule has 0 saturated carbocycles. The van der Waals surface area contributed by atoms with E-state index in [2.05, 4.69) is 16.5 Å². The zero-order valence-electron chi connectivity index (χ0n) is 16.1. The van der Waals surface area contributed by atoms with Crippen LogP contribution in [-0.2, 0) is 13.1 Å². The number of carbonyl (C=O) groups excluding carboxylic acids is 1. The Morgan fingerprint density at radius 1 is 1.17 bits per heavy atom. The number of ketones is 1. The smallest absolute Gasteiger partial charge is 0.235 e. The van der Waals surface area contributed by atoms with Crippen LogP contribution in [-0.4, -0.2) is 46.2 Å². The van der Waals surface area contributed by atoms with E-state index in [4.69, 9.17) is 9.47 Å². The lowest BCUT2D eigenvalue weighted by Gasteiger charge is -2.25. The van der Waals surface area contributed by atoms with Gasteiger partial charge in [-0.15, -0.1) is 0 Å². The van der Waals surface area contributed by atoms with Gasteiger partial charge in [0.2, 0.25) is 5.78 Å². The molecule has 0 saturated heterocycles. The maximum atomic E-state index is 12.9. The molecule has 5 rings (SSSR count). The van der Waals surface area contributed by atoms with Crippen LogP contribution in [0.2, 0.25) is 0 Å². The van der Waals surface area contributed by atoms with Crippen LogP contribution in [0, 0.1) is 0 Å². The molecule has 1 aromatic heterocycles. The molecule has 7 heteroatoms. The van der Waals surface area contributed by atoms with Gasteiger partial charge in [0.25, 0.3) is 0 Å². The molecule has 29 heavy (non-hydrogen) atoms. The molecule has 3 aromatic rings. The first-order valence-corrected chi connectivity index (χ1v) is 9.34. The van der Waals surface area contributed by atoms with Crippen LogP contribution in [0.4, 0.5) is 0 Å². The standard InChI is InChI=1S/C22H20N2O5/c1-23-5-6-24-16-4-3-13(28-2)9-14(16)15(17(24)11-23)10-20-22(27)21-18(26)7-12(25)8-19(21)29-20/h3-4,7-10,25-26H,5-6,11H2,1-2H3/b20-10-. The Bertz CT molecular complexity index is 1210. The number of hydrogen-bond donors (Lipinski definition) is 2. The number of phenolic OH excluding ortho intramolecular Hbond substituents is 2. The Balaban J connectivity index is 1.70. The van der Waals surface area contributed by atoms with Gasteiger partial charge in [0.15, 0.2) is 5.76 Å². The van der Waals surface area contributed by atoms with E-state index in [1.54, 1.807) is 13.2 Å². The summed E-state index contributed by atoms with van der Waals surface area (Å²) in [5.74, 6) is 0.153. The van der Waals surface area contributed by atoms with Gasteiger partial charge < -0.3 is 24.3 Å². The molecule has 3 heterocycles. The minimum atomic E-state index is -0.405. The van der Waals surface area contributed by atoms with E-state index >= 15 is 0 Å². The maximum absolute atomic E-state index is 12.9. The Labute approximate surface area is 167 Å². The maximum Gasteiger partial charge on any atom is 0.235 e. The van der Waals surface area contributed by atoms with Crippen LogP contribution in [0.25, 0.3) is 17.0 Å². The zero-order chi connectivity index (χ0) is 20.3. The molecule has 148 valence electrons. The van der Waals surface area contributed by atoms with Crippen molar-refractivity contribution >= 4 is 22.8 Å². The Morgan fingerprint density at radius 2 is 2.00 bits per heavy atom. The summed E-state index contributed by atoms with van der Waals surface area (Å²) in [6.07, 6.45) is 1.73. The number of benzene rings is 2. The fourth-order valence-electron chi connectivity index (χ4n) is 4.14. The molecule has 2 aliphatic rings. The molecular formula is C22H20N2O5. The number of rotatable bonds is 2. The predicted octanol–water partition coefficient (Wildman–Crippen LogP) is 3.12. The number of ether oxygens (including phenoxy) is 2. The number of Topliss-reactive ketones (excluding diaryl/α,β-unsaturated/α-hetero) is 1. The number of likely N-dealkylation sites (N-methyl/N-ethyl adjacent to an activating group) is 1. The number of carbonyl (C=O) groups is 1. The van der Waals surface area contributed by atoms with E-state index < -0.39 is 5.78 Å².